The number of carbonyl (C=O) groups excluding carboxylic acids is 6. The van der Waals surface area contributed by atoms with Crippen molar-refractivity contribution in [2.45, 2.75) is 236 Å². The fraction of sp³-hybridized carbons (Fsp3) is 0.651. The molecule has 8 atom stereocenters. The minimum atomic E-state index is -4.19. The number of benzene rings is 2. The summed E-state index contributed by atoms with van der Waals surface area (Å²) < 4.78 is 39.0. The van der Waals surface area contributed by atoms with Gasteiger partial charge in [0, 0.05) is 115 Å². The van der Waals surface area contributed by atoms with E-state index in [1.54, 1.807) is 80.9 Å². The average Bonchev–Trinajstić information content (AvgIpc) is 0.872. The number of unbranched alkanes of at least 4 members (excludes halogenated alkanes) is 1. The van der Waals surface area contributed by atoms with E-state index in [4.69, 9.17) is 48.1 Å². The maximum Gasteiger partial charge on any atom is 0.443 e. The molecule has 5 rings (SSSR count). The molecule has 1 aliphatic rings. The number of primary amides is 1. The maximum absolute atomic E-state index is 15.3. The van der Waals surface area contributed by atoms with Crippen molar-refractivity contribution < 1.29 is 102 Å². The van der Waals surface area contributed by atoms with Crippen molar-refractivity contribution in [3.05, 3.63) is 92.7 Å². The van der Waals surface area contributed by atoms with Gasteiger partial charge in [0.15, 0.2) is 5.78 Å². The number of carbonyl (C=O) groups is 9. The number of aliphatic carboxylic acids is 2. The molecule has 1 fully saturated rings. The van der Waals surface area contributed by atoms with Crippen molar-refractivity contribution in [1.82, 2.24) is 35.0 Å². The summed E-state index contributed by atoms with van der Waals surface area (Å²) in [5, 5.41) is 36.3. The minimum absolute atomic E-state index is 0. The fourth-order valence-electron chi connectivity index (χ4n) is 9.00. The number of fused-ring (bicyclic) bond motifs is 1. The van der Waals surface area contributed by atoms with Crippen LogP contribution in [0.3, 0.4) is 0 Å². The van der Waals surface area contributed by atoms with Crippen molar-refractivity contribution >= 4 is 95.7 Å². The van der Waals surface area contributed by atoms with Crippen LogP contribution >= 0.6 is 20.0 Å². The number of nitrogens with two attached hydrogens (primary N) is 2. The number of rotatable bonds is 24. The van der Waals surface area contributed by atoms with E-state index in [2.05, 4.69) is 112 Å². The van der Waals surface area contributed by atoms with Crippen molar-refractivity contribution in [3.8, 4) is 12.3 Å². The third kappa shape index (κ3) is 42.8. The molecule has 0 bridgehead atoms. The van der Waals surface area contributed by atoms with E-state index in [0.29, 0.717) is 50.3 Å². The number of nitrogens with zero attached hydrogens (tertiary/aromatic N) is 9. The Morgan fingerprint density at radius 3 is 1.60 bits per heavy atom. The van der Waals surface area contributed by atoms with Crippen LogP contribution in [0.4, 0.5) is 14.9 Å². The van der Waals surface area contributed by atoms with Gasteiger partial charge in [0.1, 0.15) is 36.4 Å². The van der Waals surface area contributed by atoms with Gasteiger partial charge in [-0.25, -0.2) is 33.8 Å². The zero-order valence-electron chi connectivity index (χ0n) is 75.4. The molecule has 0 saturated carbocycles. The highest BCUT2D eigenvalue weighted by molar-refractivity contribution is 7.74. The molecule has 118 heavy (non-hydrogen) atoms. The number of hydrogen-bond acceptors (Lipinski definition) is 20. The number of ether oxygens (including phenoxy) is 1. The number of nitrogens with one attached hydrogen (secondary N) is 1. The van der Waals surface area contributed by atoms with Crippen LogP contribution in [-0.2, 0) is 76.6 Å². The number of aromatic nitrogens is 4. The number of aromatic carboxylic acids is 1. The zero-order chi connectivity index (χ0) is 91.3. The van der Waals surface area contributed by atoms with Crippen LogP contribution in [0.5, 0.6) is 0 Å². The summed E-state index contributed by atoms with van der Waals surface area (Å²) in [5.41, 5.74) is 22.1. The summed E-state index contributed by atoms with van der Waals surface area (Å²) in [6, 6.07) is 8.61. The number of carboxylic acid groups (broad SMARTS) is 3. The van der Waals surface area contributed by atoms with Crippen LogP contribution in [0.2, 0.25) is 0 Å². The first-order chi connectivity index (χ1) is 52.9. The van der Waals surface area contributed by atoms with E-state index in [-0.39, 0.29) is 135 Å². The molecule has 3 amide bonds. The molecular weight excluding hydrogens is 1570 g/mol. The first kappa shape index (κ1) is 118. The summed E-state index contributed by atoms with van der Waals surface area (Å²) in [5.74, 6) is -1.79. The molecule has 0 aliphatic carbocycles. The van der Waals surface area contributed by atoms with Crippen molar-refractivity contribution in [1.29, 1.82) is 0 Å². The normalized spacial score (nSPS) is 14.2. The molecule has 1 aliphatic heterocycles. The van der Waals surface area contributed by atoms with Gasteiger partial charge in [0.25, 0.3) is 0 Å². The summed E-state index contributed by atoms with van der Waals surface area (Å²) in [6.45, 7) is 50.4. The van der Waals surface area contributed by atoms with Crippen molar-refractivity contribution in [2.75, 3.05) is 66.5 Å². The minimum Gasteiger partial charge on any atom is -0.481 e. The third-order valence-corrected chi connectivity index (χ3v) is 21.3. The lowest BCUT2D eigenvalue weighted by molar-refractivity contribution is -0.176. The Labute approximate surface area is 704 Å². The van der Waals surface area contributed by atoms with Crippen LogP contribution in [0, 0.1) is 74.3 Å². The van der Waals surface area contributed by atoms with E-state index in [0.717, 1.165) is 43.2 Å². The van der Waals surface area contributed by atoms with Crippen LogP contribution in [0.15, 0.2) is 53.6 Å². The summed E-state index contributed by atoms with van der Waals surface area (Å²) >= 11 is 0. The van der Waals surface area contributed by atoms with Gasteiger partial charge in [-0.05, 0) is 75.5 Å². The second-order valence-electron chi connectivity index (χ2n) is 34.6. The zero-order valence-corrected chi connectivity index (χ0v) is 77.1. The summed E-state index contributed by atoms with van der Waals surface area (Å²) in [6.07, 6.45) is 10.9. The van der Waals surface area contributed by atoms with Crippen LogP contribution in [-0.4, -0.2) is 187 Å². The predicted octanol–water partition coefficient (Wildman–Crippen LogP) is 12.9. The Morgan fingerprint density at radius 1 is 0.780 bits per heavy atom. The molecule has 0 spiro atoms. The maximum atomic E-state index is 15.3. The monoisotopic (exact) mass is 1710 g/mol. The second kappa shape index (κ2) is 53.8. The number of carboxylic acids is 3. The van der Waals surface area contributed by atoms with Crippen LogP contribution < -0.4 is 27.3 Å². The standard InChI is InChI=1S/C40H50FN7O7.C9H19NO2.C8H14.C7H14O2.C7H14O.C6H13NO2.C4H7N2O4P.C2H7NO.ClH.H2O/c1-6-45-22-29(38(52)53)37(51)28-20-30(41)34(21-33(28)45)46-15-17-47(18-16-46)39(54)55-24-27-13-11-26(12-14-27)19-35(49)32(9-7-8-10-36(42)50)48-23-31(43-44-48)25(2)40(3,4)5;1-7(9(2,3)4)8(11)10(5)12-6;1-6-7(2)8(3,4)5;1-5(6(8)9)7(2,3)4;1-6(5-8)7(2,3)4;1-6(2,3)4(7)5(8)9;1-3(7)4(6-5)11(8,9)10-2;1-3-4-2;;/h11-14,20-23,25,32H,6-10,15-19,24H2,1-5H3,(H2,42,50)(H,52,53);7H,1-6H3;1,7H,2-5H3;5H,1-4H3,(H,8,9);5-6H,1-4H3;4H,7H2,1-3H3,(H,8,9);1-2H3,(H,8,9);3H,1-2H3;1H;1H2/t25-,32+;2*7-;5-;6-;4-;;;;/m111111..../s1. The lowest BCUT2D eigenvalue weighted by Crippen LogP contribution is -2.49. The Balaban J connectivity index is -0.000000540. The number of ketones is 2. The summed E-state index contributed by atoms with van der Waals surface area (Å²) in [4.78, 5) is 138. The van der Waals surface area contributed by atoms with Gasteiger partial charge in [-0.3, -0.25) is 38.4 Å². The number of amides is 3. The van der Waals surface area contributed by atoms with Crippen molar-refractivity contribution in [3.63, 3.8) is 0 Å². The highest BCUT2D eigenvalue weighted by Crippen LogP contribution is 2.42. The van der Waals surface area contributed by atoms with E-state index >= 15 is 4.39 Å². The highest BCUT2D eigenvalue weighted by atomic mass is 35.5. The molecule has 35 heteroatoms. The predicted molar refractivity (Wildman–Crippen MR) is 459 cm³/mol. The fourth-order valence-corrected chi connectivity index (χ4v) is 9.68. The Hall–Kier alpha value is -8.67. The molecule has 1 unspecified atom stereocenters. The van der Waals surface area contributed by atoms with Crippen LogP contribution in [0.25, 0.3) is 16.4 Å². The number of hydroxylamine groups is 3. The van der Waals surface area contributed by atoms with Gasteiger partial charge < -0.3 is 75.9 Å². The van der Waals surface area contributed by atoms with Crippen LogP contribution in [0.1, 0.15) is 238 Å². The van der Waals surface area contributed by atoms with E-state index in [1.165, 1.54) is 18.4 Å². The molecule has 672 valence electrons. The van der Waals surface area contributed by atoms with Gasteiger partial charge in [-0.15, -0.1) is 29.8 Å². The van der Waals surface area contributed by atoms with E-state index in [9.17, 15) is 57.6 Å². The number of aldehydes is 1. The third-order valence-electron chi connectivity index (χ3n) is 19.8. The molecule has 4 aromatic rings. The topological polar surface area (TPSA) is 483 Å². The quantitative estimate of drug-likeness (QED) is 0.00501. The molecule has 1 saturated heterocycles. The molecule has 2 aromatic heterocycles. The first-order valence-corrected chi connectivity index (χ1v) is 39.8. The van der Waals surface area contributed by atoms with E-state index in [1.807, 2.05) is 85.9 Å². The van der Waals surface area contributed by atoms with Gasteiger partial charge in [0.2, 0.25) is 23.0 Å². The molecule has 32 nitrogen and oxygen atoms in total. The van der Waals surface area contributed by atoms with E-state index < -0.39 is 71.7 Å². The number of hydrogen-bond donors (Lipinski definition) is 7. The lowest BCUT2D eigenvalue weighted by Gasteiger charge is -2.35. The number of piperazine rings is 1. The second-order valence-corrected chi connectivity index (χ2v) is 36.4. The first-order valence-electron chi connectivity index (χ1n) is 38.2. The smallest absolute Gasteiger partial charge is 0.443 e. The largest absolute Gasteiger partial charge is 0.481 e. The molecule has 0 radical (unpaired) electrons. The Kier molecular flexibility index (Phi) is 53.7. The summed E-state index contributed by atoms with van der Waals surface area (Å²) in [7, 11) is 3.15. The number of anilines is 1. The number of halogens is 2. The SMILES string of the molecule is C#C[C@@H](C)C(C)(C)C.CC(C)(C)[C@H](N)C(=O)O.CCn1cc(C(=O)O)c(=O)c2cc(F)c(N3CCN(C(=O)OCc4ccc(CC(=O)[C@H](CCCCC(N)=O)n5cc([C@@H](C)C(C)(C)C)nn5)cc4)CC3)cc21.CNOC.CON(C)C(=O)[C@@H](C)C(C)(C)C.COP(=O)(O)C(=[N+]=[N-])C(C)=O.C[C@H](C(=O)O)C(C)(C)C.C[C@H](C=O)C(C)(C)C.Cl.O. The Bertz CT molecular complexity index is 3990. The number of terminal acetylenes is 1. The highest BCUT2D eigenvalue weighted by Gasteiger charge is 2.39. The number of Topliss-reactive ketones (excluding diaryl/α,β-unsaturated/α-hetero) is 2. The van der Waals surface area contributed by atoms with Gasteiger partial charge >= 0.3 is 37.0 Å². The van der Waals surface area contributed by atoms with Gasteiger partial charge in [-0.2, -0.15) is 4.79 Å². The van der Waals surface area contributed by atoms with Gasteiger partial charge in [-0.1, -0.05) is 195 Å². The van der Waals surface area contributed by atoms with Gasteiger partial charge in [0.05, 0.1) is 37.0 Å². The lowest BCUT2D eigenvalue weighted by atomic mass is 9.80. The molecule has 2 aromatic carbocycles. The Morgan fingerprint density at radius 2 is 1.28 bits per heavy atom. The van der Waals surface area contributed by atoms with Crippen molar-refractivity contribution in [2.24, 2.45) is 67.6 Å². The molecule has 3 heterocycles. The molecular formula is C83H141ClFN12O20P. The number of aryl methyl sites for hydroxylation is 1. The molecule has 11 N–H and O–H groups in total. The average molecular weight is 1710 g/mol. The number of pyridine rings is 1.